The molecule has 1 aliphatic rings. The minimum atomic E-state index is -0.974. The highest BCUT2D eigenvalue weighted by Gasteiger charge is 2.31. The average molecular weight is 396 g/mol. The summed E-state index contributed by atoms with van der Waals surface area (Å²) in [5.41, 5.74) is 1.70. The molecule has 0 heterocycles. The summed E-state index contributed by atoms with van der Waals surface area (Å²) < 4.78 is 5.82. The highest BCUT2D eigenvalue weighted by molar-refractivity contribution is 5.94. The van der Waals surface area contributed by atoms with Crippen LogP contribution in [0.1, 0.15) is 37.7 Å². The molecule has 1 atom stereocenters. The number of hydrogen-bond acceptors (Lipinski definition) is 3. The first-order valence-electron chi connectivity index (χ1n) is 10.1. The second kappa shape index (κ2) is 9.96. The lowest BCUT2D eigenvalue weighted by atomic mass is 9.84. The number of urea groups is 1. The molecule has 6 heteroatoms. The number of amides is 2. The Bertz CT molecular complexity index is 819. The van der Waals surface area contributed by atoms with Crippen molar-refractivity contribution in [3.63, 3.8) is 0 Å². The lowest BCUT2D eigenvalue weighted by Crippen LogP contribution is -2.50. The number of carboxylic acid groups (broad SMARTS) is 1. The topological polar surface area (TPSA) is 78.9 Å². The van der Waals surface area contributed by atoms with Crippen LogP contribution in [0, 0.1) is 5.92 Å². The van der Waals surface area contributed by atoms with E-state index in [9.17, 15) is 14.7 Å². The smallest absolute Gasteiger partial charge is 0.326 e. The number of anilines is 1. The normalized spacial score (nSPS) is 15.3. The zero-order chi connectivity index (χ0) is 20.6. The zero-order valence-corrected chi connectivity index (χ0v) is 16.7. The number of hydrogen-bond donors (Lipinski definition) is 2. The van der Waals surface area contributed by atoms with Crippen molar-refractivity contribution in [2.75, 3.05) is 11.9 Å². The largest absolute Gasteiger partial charge is 0.489 e. The van der Waals surface area contributed by atoms with Crippen LogP contribution in [-0.2, 0) is 11.4 Å². The molecule has 1 fully saturated rings. The molecule has 1 saturated carbocycles. The molecule has 2 N–H and O–H groups in total. The SMILES string of the molecule is CN(C(=O)N[C@H](C(=O)O)C1CCCCC1)c1cccc(OCc2ccccc2)c1. The standard InChI is InChI=1S/C23H28N2O4/c1-25(23(28)24-21(22(26)27)18-11-6-3-7-12-18)19-13-8-14-20(15-19)29-16-17-9-4-2-5-10-17/h2,4-5,8-10,13-15,18,21H,3,6-7,11-12,16H2,1H3,(H,24,28)(H,26,27)/t21-/m0/s1. The number of carboxylic acids is 1. The Morgan fingerprint density at radius 1 is 1.10 bits per heavy atom. The summed E-state index contributed by atoms with van der Waals surface area (Å²) in [6.07, 6.45) is 4.84. The van der Waals surface area contributed by atoms with E-state index < -0.39 is 18.0 Å². The number of ether oxygens (including phenoxy) is 1. The van der Waals surface area contributed by atoms with Gasteiger partial charge in [-0.3, -0.25) is 4.90 Å². The van der Waals surface area contributed by atoms with E-state index in [0.717, 1.165) is 37.7 Å². The van der Waals surface area contributed by atoms with Gasteiger partial charge in [-0.1, -0.05) is 55.7 Å². The zero-order valence-electron chi connectivity index (χ0n) is 16.7. The monoisotopic (exact) mass is 396 g/mol. The van der Waals surface area contributed by atoms with Crippen LogP contribution in [0.2, 0.25) is 0 Å². The molecule has 0 aromatic heterocycles. The molecule has 2 aromatic rings. The molecule has 29 heavy (non-hydrogen) atoms. The third-order valence-electron chi connectivity index (χ3n) is 5.42. The minimum Gasteiger partial charge on any atom is -0.489 e. The predicted octanol–water partition coefficient (Wildman–Crippen LogP) is 4.44. The molecule has 1 aliphatic carbocycles. The van der Waals surface area contributed by atoms with Gasteiger partial charge in [0.2, 0.25) is 0 Å². The molecular formula is C23H28N2O4. The summed E-state index contributed by atoms with van der Waals surface area (Å²) in [5, 5.41) is 12.3. The second-order valence-electron chi connectivity index (χ2n) is 7.49. The summed E-state index contributed by atoms with van der Waals surface area (Å²) in [5.74, 6) is -0.342. The fourth-order valence-corrected chi connectivity index (χ4v) is 3.72. The number of carbonyl (C=O) groups is 2. The predicted molar refractivity (Wildman–Crippen MR) is 112 cm³/mol. The van der Waals surface area contributed by atoms with Crippen molar-refractivity contribution in [1.29, 1.82) is 0 Å². The number of carbonyl (C=O) groups excluding carboxylic acids is 1. The summed E-state index contributed by atoms with van der Waals surface area (Å²) in [4.78, 5) is 25.8. The fourth-order valence-electron chi connectivity index (χ4n) is 3.72. The van der Waals surface area contributed by atoms with Crippen LogP contribution < -0.4 is 15.0 Å². The van der Waals surface area contributed by atoms with Gasteiger partial charge in [0.05, 0.1) is 0 Å². The van der Waals surface area contributed by atoms with Crippen LogP contribution in [0.15, 0.2) is 54.6 Å². The van der Waals surface area contributed by atoms with E-state index in [4.69, 9.17) is 4.74 Å². The lowest BCUT2D eigenvalue weighted by Gasteiger charge is -2.29. The van der Waals surface area contributed by atoms with Crippen LogP contribution in [-0.4, -0.2) is 30.2 Å². The molecule has 0 spiro atoms. The number of nitrogens with zero attached hydrogens (tertiary/aromatic N) is 1. The van der Waals surface area contributed by atoms with Gasteiger partial charge in [0.15, 0.2) is 0 Å². The molecule has 0 saturated heterocycles. The highest BCUT2D eigenvalue weighted by Crippen LogP contribution is 2.27. The number of rotatable bonds is 7. The van der Waals surface area contributed by atoms with E-state index >= 15 is 0 Å². The molecule has 0 aliphatic heterocycles. The Hall–Kier alpha value is -3.02. The van der Waals surface area contributed by atoms with Gasteiger partial charge in [0.1, 0.15) is 18.4 Å². The van der Waals surface area contributed by atoms with Gasteiger partial charge in [-0.05, 0) is 36.5 Å². The van der Waals surface area contributed by atoms with Crippen molar-refractivity contribution in [2.45, 2.75) is 44.8 Å². The van der Waals surface area contributed by atoms with E-state index in [2.05, 4.69) is 5.32 Å². The first-order valence-corrected chi connectivity index (χ1v) is 10.1. The molecule has 0 bridgehead atoms. The molecule has 0 unspecified atom stereocenters. The highest BCUT2D eigenvalue weighted by atomic mass is 16.5. The minimum absolute atomic E-state index is 0.0147. The van der Waals surface area contributed by atoms with Gasteiger partial charge < -0.3 is 15.2 Å². The Morgan fingerprint density at radius 3 is 2.52 bits per heavy atom. The molecular weight excluding hydrogens is 368 g/mol. The average Bonchev–Trinajstić information content (AvgIpc) is 2.76. The van der Waals surface area contributed by atoms with Gasteiger partial charge in [-0.2, -0.15) is 0 Å². The third-order valence-corrected chi connectivity index (χ3v) is 5.42. The van der Waals surface area contributed by atoms with Gasteiger partial charge in [0, 0.05) is 18.8 Å². The molecule has 154 valence electrons. The number of aliphatic carboxylic acids is 1. The molecule has 6 nitrogen and oxygen atoms in total. The summed E-state index contributed by atoms with van der Waals surface area (Å²) >= 11 is 0. The maximum Gasteiger partial charge on any atom is 0.326 e. The number of benzene rings is 2. The van der Waals surface area contributed by atoms with Gasteiger partial charge in [-0.15, -0.1) is 0 Å². The fraction of sp³-hybridized carbons (Fsp3) is 0.391. The summed E-state index contributed by atoms with van der Waals surface area (Å²) in [7, 11) is 1.63. The summed E-state index contributed by atoms with van der Waals surface area (Å²) in [6, 6.07) is 15.8. The van der Waals surface area contributed by atoms with E-state index in [-0.39, 0.29) is 5.92 Å². The molecule has 2 amide bonds. The van der Waals surface area contributed by atoms with Crippen LogP contribution >= 0.6 is 0 Å². The van der Waals surface area contributed by atoms with Crippen molar-refractivity contribution >= 4 is 17.7 Å². The van der Waals surface area contributed by atoms with Gasteiger partial charge in [0.25, 0.3) is 0 Å². The van der Waals surface area contributed by atoms with E-state index in [1.807, 2.05) is 42.5 Å². The van der Waals surface area contributed by atoms with E-state index in [1.54, 1.807) is 19.2 Å². The second-order valence-corrected chi connectivity index (χ2v) is 7.49. The van der Waals surface area contributed by atoms with Crippen molar-refractivity contribution < 1.29 is 19.4 Å². The Labute approximate surface area is 171 Å². The Kier molecular flexibility index (Phi) is 7.11. The van der Waals surface area contributed by atoms with E-state index in [0.29, 0.717) is 18.0 Å². The number of nitrogens with one attached hydrogen (secondary N) is 1. The van der Waals surface area contributed by atoms with Crippen LogP contribution in [0.4, 0.5) is 10.5 Å². The van der Waals surface area contributed by atoms with Gasteiger partial charge in [-0.25, -0.2) is 9.59 Å². The van der Waals surface area contributed by atoms with Crippen LogP contribution in [0.3, 0.4) is 0 Å². The molecule has 2 aromatic carbocycles. The van der Waals surface area contributed by atoms with Crippen molar-refractivity contribution in [2.24, 2.45) is 5.92 Å². The van der Waals surface area contributed by atoms with Crippen molar-refractivity contribution in [3.8, 4) is 5.75 Å². The van der Waals surface area contributed by atoms with Gasteiger partial charge >= 0.3 is 12.0 Å². The Morgan fingerprint density at radius 2 is 1.83 bits per heavy atom. The van der Waals surface area contributed by atoms with Crippen molar-refractivity contribution in [1.82, 2.24) is 5.32 Å². The first kappa shape index (κ1) is 20.7. The quantitative estimate of drug-likeness (QED) is 0.725. The molecule has 0 radical (unpaired) electrons. The van der Waals surface area contributed by atoms with E-state index in [1.165, 1.54) is 4.90 Å². The van der Waals surface area contributed by atoms with Crippen molar-refractivity contribution in [3.05, 3.63) is 60.2 Å². The first-order chi connectivity index (χ1) is 14.0. The maximum absolute atomic E-state index is 12.7. The third kappa shape index (κ3) is 5.73. The summed E-state index contributed by atoms with van der Waals surface area (Å²) in [6.45, 7) is 0.434. The lowest BCUT2D eigenvalue weighted by molar-refractivity contribution is -0.141. The Balaban J connectivity index is 1.63. The van der Waals surface area contributed by atoms with Crippen LogP contribution in [0.25, 0.3) is 0 Å². The molecule has 3 rings (SSSR count). The van der Waals surface area contributed by atoms with Crippen LogP contribution in [0.5, 0.6) is 5.75 Å². The maximum atomic E-state index is 12.7.